The second-order valence-corrected chi connectivity index (χ2v) is 7.67. The van der Waals surface area contributed by atoms with Gasteiger partial charge in [-0.3, -0.25) is 0 Å². The number of fused-ring (bicyclic) bond motifs is 2. The number of benzene rings is 2. The number of hydrogen-bond acceptors (Lipinski definition) is 4. The summed E-state index contributed by atoms with van der Waals surface area (Å²) in [5.41, 5.74) is 6.31. The van der Waals surface area contributed by atoms with Crippen molar-refractivity contribution in [2.45, 2.75) is 26.3 Å². The molecule has 5 rings (SSSR count). The van der Waals surface area contributed by atoms with Crippen molar-refractivity contribution in [2.75, 3.05) is 23.3 Å². The maximum absolute atomic E-state index is 4.81. The first-order chi connectivity index (χ1) is 14.3. The van der Waals surface area contributed by atoms with Crippen molar-refractivity contribution in [1.82, 2.24) is 15.0 Å². The fraction of sp³-hybridized carbons (Fsp3) is 0.250. The lowest BCUT2D eigenvalue weighted by molar-refractivity contribution is 0.706. The van der Waals surface area contributed by atoms with Crippen LogP contribution in [0.5, 0.6) is 0 Å². The van der Waals surface area contributed by atoms with Gasteiger partial charge in [0.2, 0.25) is 5.95 Å². The third kappa shape index (κ3) is 3.68. The van der Waals surface area contributed by atoms with E-state index < -0.39 is 0 Å². The molecule has 0 fully saturated rings. The van der Waals surface area contributed by atoms with Gasteiger partial charge >= 0.3 is 0 Å². The third-order valence-electron chi connectivity index (χ3n) is 5.63. The summed E-state index contributed by atoms with van der Waals surface area (Å²) in [6.45, 7) is 4.69. The molecule has 5 heteroatoms. The van der Waals surface area contributed by atoms with Gasteiger partial charge in [0, 0.05) is 48.5 Å². The van der Waals surface area contributed by atoms with Crippen LogP contribution in [-0.2, 0) is 19.4 Å². The molecule has 2 aromatic heterocycles. The van der Waals surface area contributed by atoms with Crippen molar-refractivity contribution in [3.63, 3.8) is 0 Å². The Morgan fingerprint density at radius 2 is 1.86 bits per heavy atom. The predicted molar refractivity (Wildman–Crippen MR) is 118 cm³/mol. The first kappa shape index (κ1) is 17.7. The van der Waals surface area contributed by atoms with E-state index >= 15 is 0 Å². The van der Waals surface area contributed by atoms with Gasteiger partial charge in [-0.05, 0) is 42.5 Å². The number of nitrogens with zero attached hydrogens (tertiary/aromatic N) is 3. The van der Waals surface area contributed by atoms with Gasteiger partial charge in [0.05, 0.1) is 0 Å². The fourth-order valence-corrected chi connectivity index (χ4v) is 4.11. The van der Waals surface area contributed by atoms with Crippen molar-refractivity contribution >= 4 is 22.7 Å². The topological polar surface area (TPSA) is 56.8 Å². The highest BCUT2D eigenvalue weighted by Gasteiger charge is 2.18. The van der Waals surface area contributed by atoms with E-state index in [0.29, 0.717) is 0 Å². The van der Waals surface area contributed by atoms with Gasteiger partial charge in [0.15, 0.2) is 0 Å². The lowest BCUT2D eigenvalue weighted by atomic mass is 10.0. The number of hydrogen-bond donors (Lipinski definition) is 2. The molecule has 0 bridgehead atoms. The molecule has 0 unspecified atom stereocenters. The summed E-state index contributed by atoms with van der Waals surface area (Å²) in [5, 5.41) is 4.79. The molecule has 0 radical (unpaired) electrons. The SMILES string of the molecule is Cc1cc(NCCc2c[nH]c3ccccc23)nc(N2CCc3ccccc3C2)n1. The van der Waals surface area contributed by atoms with Crippen LogP contribution in [0.2, 0.25) is 0 Å². The van der Waals surface area contributed by atoms with Crippen LogP contribution in [0.15, 0.2) is 60.8 Å². The average Bonchev–Trinajstić information content (AvgIpc) is 3.16. The summed E-state index contributed by atoms with van der Waals surface area (Å²) in [5.74, 6) is 1.71. The van der Waals surface area contributed by atoms with Crippen molar-refractivity contribution in [1.29, 1.82) is 0 Å². The van der Waals surface area contributed by atoms with E-state index in [0.717, 1.165) is 49.9 Å². The molecule has 4 aromatic rings. The van der Waals surface area contributed by atoms with Crippen LogP contribution in [0.3, 0.4) is 0 Å². The summed E-state index contributed by atoms with van der Waals surface area (Å²) in [6.07, 6.45) is 4.09. The molecule has 3 heterocycles. The molecule has 2 aromatic carbocycles. The molecule has 0 amide bonds. The predicted octanol–water partition coefficient (Wildman–Crippen LogP) is 4.48. The van der Waals surface area contributed by atoms with Gasteiger partial charge in [-0.2, -0.15) is 4.98 Å². The Morgan fingerprint density at radius 1 is 1.03 bits per heavy atom. The fourth-order valence-electron chi connectivity index (χ4n) is 4.11. The number of para-hydroxylation sites is 1. The molecular formula is C24H25N5. The van der Waals surface area contributed by atoms with Crippen LogP contribution in [-0.4, -0.2) is 28.0 Å². The standard InChI is InChI=1S/C24H25N5/c1-17-14-23(25-12-10-19-15-26-22-9-5-4-8-21(19)22)28-24(27-17)29-13-11-18-6-2-3-7-20(18)16-29/h2-9,14-15,26H,10-13,16H2,1H3,(H,25,27,28). The number of nitrogens with one attached hydrogen (secondary N) is 2. The number of H-pyrrole nitrogens is 1. The summed E-state index contributed by atoms with van der Waals surface area (Å²) in [6, 6.07) is 19.1. The van der Waals surface area contributed by atoms with Gasteiger partial charge < -0.3 is 15.2 Å². The van der Waals surface area contributed by atoms with Crippen molar-refractivity contribution < 1.29 is 0 Å². The maximum Gasteiger partial charge on any atom is 0.227 e. The summed E-state index contributed by atoms with van der Waals surface area (Å²) in [7, 11) is 0. The molecule has 0 saturated heterocycles. The number of anilines is 2. The largest absolute Gasteiger partial charge is 0.370 e. The van der Waals surface area contributed by atoms with Crippen molar-refractivity contribution in [3.8, 4) is 0 Å². The van der Waals surface area contributed by atoms with Gasteiger partial charge in [0.1, 0.15) is 5.82 Å². The van der Waals surface area contributed by atoms with Crippen LogP contribution < -0.4 is 10.2 Å². The van der Waals surface area contributed by atoms with Crippen LogP contribution in [0.25, 0.3) is 10.9 Å². The Labute approximate surface area is 170 Å². The summed E-state index contributed by atoms with van der Waals surface area (Å²) < 4.78 is 0. The number of aryl methyl sites for hydroxylation is 1. The molecule has 1 aliphatic rings. The Bertz CT molecular complexity index is 1150. The smallest absolute Gasteiger partial charge is 0.227 e. The highest BCUT2D eigenvalue weighted by molar-refractivity contribution is 5.83. The first-order valence-corrected chi connectivity index (χ1v) is 10.2. The van der Waals surface area contributed by atoms with Crippen LogP contribution in [0.4, 0.5) is 11.8 Å². The highest BCUT2D eigenvalue weighted by atomic mass is 15.3. The van der Waals surface area contributed by atoms with Gasteiger partial charge in [-0.25, -0.2) is 4.98 Å². The van der Waals surface area contributed by atoms with E-state index in [1.165, 1.54) is 27.6 Å². The minimum atomic E-state index is 0.814. The Balaban J connectivity index is 1.29. The summed E-state index contributed by atoms with van der Waals surface area (Å²) >= 11 is 0. The quantitative estimate of drug-likeness (QED) is 0.533. The zero-order valence-corrected chi connectivity index (χ0v) is 16.7. The zero-order chi connectivity index (χ0) is 19.6. The van der Waals surface area contributed by atoms with E-state index in [1.54, 1.807) is 0 Å². The molecule has 5 nitrogen and oxygen atoms in total. The van der Waals surface area contributed by atoms with Crippen molar-refractivity contribution in [2.24, 2.45) is 0 Å². The molecular weight excluding hydrogens is 358 g/mol. The number of aromatic amines is 1. The van der Waals surface area contributed by atoms with E-state index in [1.807, 2.05) is 13.0 Å². The first-order valence-electron chi connectivity index (χ1n) is 10.2. The zero-order valence-electron chi connectivity index (χ0n) is 16.7. The minimum Gasteiger partial charge on any atom is -0.370 e. The second-order valence-electron chi connectivity index (χ2n) is 7.67. The average molecular weight is 383 g/mol. The molecule has 29 heavy (non-hydrogen) atoms. The Kier molecular flexibility index (Phi) is 4.64. The molecule has 0 spiro atoms. The van der Waals surface area contributed by atoms with E-state index in [-0.39, 0.29) is 0 Å². The monoisotopic (exact) mass is 383 g/mol. The molecule has 0 aliphatic carbocycles. The van der Waals surface area contributed by atoms with Crippen molar-refractivity contribution in [3.05, 3.63) is 83.2 Å². The van der Waals surface area contributed by atoms with Crippen LogP contribution in [0, 0.1) is 6.92 Å². The summed E-state index contributed by atoms with van der Waals surface area (Å²) in [4.78, 5) is 15.1. The molecule has 1 aliphatic heterocycles. The van der Waals surface area contributed by atoms with Gasteiger partial charge in [-0.1, -0.05) is 42.5 Å². The Hall–Kier alpha value is -3.34. The minimum absolute atomic E-state index is 0.814. The van der Waals surface area contributed by atoms with Gasteiger partial charge in [0.25, 0.3) is 0 Å². The van der Waals surface area contributed by atoms with E-state index in [9.17, 15) is 0 Å². The maximum atomic E-state index is 4.81. The van der Waals surface area contributed by atoms with Crippen LogP contribution in [0.1, 0.15) is 22.4 Å². The lowest BCUT2D eigenvalue weighted by Gasteiger charge is -2.29. The lowest BCUT2D eigenvalue weighted by Crippen LogP contribution is -2.32. The highest BCUT2D eigenvalue weighted by Crippen LogP contribution is 2.23. The van der Waals surface area contributed by atoms with E-state index in [4.69, 9.17) is 9.97 Å². The number of rotatable bonds is 5. The van der Waals surface area contributed by atoms with Crippen LogP contribution >= 0.6 is 0 Å². The molecule has 2 N–H and O–H groups in total. The molecule has 146 valence electrons. The van der Waals surface area contributed by atoms with Gasteiger partial charge in [-0.15, -0.1) is 0 Å². The third-order valence-corrected chi connectivity index (χ3v) is 5.63. The van der Waals surface area contributed by atoms with E-state index in [2.05, 4.69) is 69.9 Å². The normalized spacial score (nSPS) is 13.5. The Morgan fingerprint density at radius 3 is 2.79 bits per heavy atom. The molecule has 0 atom stereocenters. The second kappa shape index (κ2) is 7.59. The number of aromatic nitrogens is 3. The molecule has 0 saturated carbocycles.